The van der Waals surface area contributed by atoms with E-state index in [4.69, 9.17) is 9.47 Å². The van der Waals surface area contributed by atoms with E-state index >= 15 is 0 Å². The van der Waals surface area contributed by atoms with Crippen molar-refractivity contribution in [2.75, 3.05) is 33.0 Å². The molecule has 0 unspecified atom stereocenters. The molecule has 0 saturated carbocycles. The van der Waals surface area contributed by atoms with Gasteiger partial charge in [-0.15, -0.1) is 0 Å². The van der Waals surface area contributed by atoms with Gasteiger partial charge in [-0.05, 0) is 25.0 Å². The molecule has 6 heteroatoms. The highest BCUT2D eigenvalue weighted by atomic mass is 16.5. The van der Waals surface area contributed by atoms with Crippen molar-refractivity contribution in [2.45, 2.75) is 26.9 Å². The number of rotatable bonds is 12. The number of nitrogens with one attached hydrogen (secondary N) is 1. The van der Waals surface area contributed by atoms with Crippen LogP contribution in [0.25, 0.3) is 11.1 Å². The minimum Gasteiger partial charge on any atom is -0.377 e. The van der Waals surface area contributed by atoms with Gasteiger partial charge < -0.3 is 14.8 Å². The molecule has 0 aromatic carbocycles. The number of carbonyl (C=O) groups excluding carboxylic acids is 1. The lowest BCUT2D eigenvalue weighted by Crippen LogP contribution is -2.35. The molecule has 0 aliphatic heterocycles. The molecule has 0 aliphatic carbocycles. The normalized spacial score (nSPS) is 10.6. The molecule has 1 amide bonds. The molecule has 0 atom stereocenters. The molecule has 0 aliphatic rings. The van der Waals surface area contributed by atoms with E-state index in [1.165, 1.54) is 11.1 Å². The number of hydrogen-bond donors (Lipinski definition) is 1. The average Bonchev–Trinajstić information content (AvgIpc) is 2.72. The Labute approximate surface area is 167 Å². The quantitative estimate of drug-likeness (QED) is 0.344. The summed E-state index contributed by atoms with van der Waals surface area (Å²) < 4.78 is 15.3. The van der Waals surface area contributed by atoms with Gasteiger partial charge in [0, 0.05) is 36.4 Å². The van der Waals surface area contributed by atoms with E-state index in [-0.39, 0.29) is 5.91 Å². The minimum atomic E-state index is -0.139. The molecular formula is C22H31N3O3+2. The second kappa shape index (κ2) is 12.0. The van der Waals surface area contributed by atoms with Crippen LogP contribution in [0, 0.1) is 0 Å². The summed E-state index contributed by atoms with van der Waals surface area (Å²) in [5.74, 6) is -0.139. The Balaban J connectivity index is 1.58. The van der Waals surface area contributed by atoms with Gasteiger partial charge >= 0.3 is 0 Å². The maximum absolute atomic E-state index is 11.3. The van der Waals surface area contributed by atoms with Crippen molar-refractivity contribution in [2.24, 2.45) is 0 Å². The lowest BCUT2D eigenvalue weighted by molar-refractivity contribution is -0.698. The summed E-state index contributed by atoms with van der Waals surface area (Å²) >= 11 is 0. The van der Waals surface area contributed by atoms with Crippen molar-refractivity contribution >= 4 is 5.91 Å². The Bertz CT molecular complexity index is 743. The second-order valence-corrected chi connectivity index (χ2v) is 6.50. The number of aryl methyl sites for hydroxylation is 1. The fourth-order valence-electron chi connectivity index (χ4n) is 2.54. The van der Waals surface area contributed by atoms with Crippen LogP contribution >= 0.6 is 0 Å². The lowest BCUT2D eigenvalue weighted by atomic mass is 10.1. The van der Waals surface area contributed by atoms with Crippen molar-refractivity contribution in [1.29, 1.82) is 0 Å². The largest absolute Gasteiger partial charge is 0.377 e. The van der Waals surface area contributed by atoms with E-state index in [9.17, 15) is 4.79 Å². The van der Waals surface area contributed by atoms with Crippen molar-refractivity contribution in [1.82, 2.24) is 5.32 Å². The van der Waals surface area contributed by atoms with E-state index in [1.807, 2.05) is 0 Å². The average molecular weight is 386 g/mol. The molecule has 0 bridgehead atoms. The van der Waals surface area contributed by atoms with Crippen LogP contribution in [0.4, 0.5) is 0 Å². The number of ether oxygens (including phenoxy) is 2. The summed E-state index contributed by atoms with van der Waals surface area (Å²) in [6, 6.07) is 8.51. The van der Waals surface area contributed by atoms with E-state index < -0.39 is 0 Å². The van der Waals surface area contributed by atoms with Gasteiger partial charge in [-0.1, -0.05) is 6.58 Å². The van der Waals surface area contributed by atoms with Crippen molar-refractivity contribution in [3.8, 4) is 11.1 Å². The van der Waals surface area contributed by atoms with Gasteiger partial charge in [0.2, 0.25) is 5.91 Å². The molecule has 2 rings (SSSR count). The van der Waals surface area contributed by atoms with Crippen molar-refractivity contribution in [3.63, 3.8) is 0 Å². The van der Waals surface area contributed by atoms with Crippen LogP contribution in [0.3, 0.4) is 0 Å². The summed E-state index contributed by atoms with van der Waals surface area (Å²) in [6.45, 7) is 11.8. The van der Waals surface area contributed by atoms with Gasteiger partial charge in [-0.25, -0.2) is 9.13 Å². The zero-order valence-corrected chi connectivity index (χ0v) is 16.9. The van der Waals surface area contributed by atoms with Crippen LogP contribution < -0.4 is 14.5 Å². The Kier molecular flexibility index (Phi) is 9.31. The van der Waals surface area contributed by atoms with Gasteiger partial charge in [-0.2, -0.15) is 0 Å². The van der Waals surface area contributed by atoms with Gasteiger partial charge in [0.25, 0.3) is 0 Å². The predicted octanol–water partition coefficient (Wildman–Crippen LogP) is 1.67. The number of amides is 1. The first kappa shape index (κ1) is 21.7. The third-order valence-corrected chi connectivity index (χ3v) is 4.27. The Hall–Kier alpha value is -2.57. The van der Waals surface area contributed by atoms with Gasteiger partial charge in [-0.3, -0.25) is 4.79 Å². The van der Waals surface area contributed by atoms with Crippen molar-refractivity contribution in [3.05, 3.63) is 61.2 Å². The molecule has 150 valence electrons. The highest BCUT2D eigenvalue weighted by Crippen LogP contribution is 2.15. The minimum absolute atomic E-state index is 0.139. The van der Waals surface area contributed by atoms with Crippen LogP contribution in [0.5, 0.6) is 0 Å². The summed E-state index contributed by atoms with van der Waals surface area (Å²) in [6.07, 6.45) is 8.34. The Morgan fingerprint density at radius 1 is 0.929 bits per heavy atom. The topological polar surface area (TPSA) is 55.3 Å². The highest BCUT2D eigenvalue weighted by molar-refractivity contribution is 5.92. The van der Waals surface area contributed by atoms with Gasteiger partial charge in [0.05, 0.1) is 19.8 Å². The molecule has 28 heavy (non-hydrogen) atoms. The molecule has 2 aromatic heterocycles. The fraction of sp³-hybridized carbons (Fsp3) is 0.409. The maximum Gasteiger partial charge on any atom is 0.246 e. The third kappa shape index (κ3) is 7.58. The Morgan fingerprint density at radius 3 is 2.00 bits per heavy atom. The summed E-state index contributed by atoms with van der Waals surface area (Å²) in [5.41, 5.74) is 2.92. The van der Waals surface area contributed by atoms with Crippen LogP contribution in [-0.4, -0.2) is 38.9 Å². The number of hydrogen-bond acceptors (Lipinski definition) is 3. The van der Waals surface area contributed by atoms with E-state index in [0.717, 1.165) is 13.1 Å². The van der Waals surface area contributed by atoms with E-state index in [1.54, 1.807) is 6.92 Å². The summed E-state index contributed by atoms with van der Waals surface area (Å²) in [4.78, 5) is 11.3. The maximum atomic E-state index is 11.3. The SMILES string of the molecule is C=C(C)C(=O)NCCOCCOCC[n+]1ccc(-c2cc[n+](CC)cc2)cc1. The molecule has 2 heterocycles. The number of nitrogens with zero attached hydrogens (tertiary/aromatic N) is 2. The number of carbonyl (C=O) groups is 1. The Morgan fingerprint density at radius 2 is 1.46 bits per heavy atom. The van der Waals surface area contributed by atoms with Gasteiger partial charge in [0.1, 0.15) is 13.2 Å². The standard InChI is InChI=1S/C22H30N3O3/c1-4-24-10-5-20(6-11-24)21-7-12-25(13-8-21)14-16-28-18-17-27-15-9-23-22(26)19(2)3/h5-8,10-13H,2,4,9,14-18H2,1,3H3/q+1/p+1. The number of aromatic nitrogens is 2. The third-order valence-electron chi connectivity index (χ3n) is 4.27. The second-order valence-electron chi connectivity index (χ2n) is 6.50. The summed E-state index contributed by atoms with van der Waals surface area (Å²) in [5, 5.41) is 2.72. The molecule has 1 N–H and O–H groups in total. The highest BCUT2D eigenvalue weighted by Gasteiger charge is 2.05. The molecule has 2 aromatic rings. The summed E-state index contributed by atoms with van der Waals surface area (Å²) in [7, 11) is 0. The van der Waals surface area contributed by atoms with Crippen LogP contribution in [0.2, 0.25) is 0 Å². The first-order valence-electron chi connectivity index (χ1n) is 9.68. The molecular weight excluding hydrogens is 354 g/mol. The smallest absolute Gasteiger partial charge is 0.246 e. The first-order valence-corrected chi connectivity index (χ1v) is 9.68. The molecule has 0 saturated heterocycles. The van der Waals surface area contributed by atoms with Crippen LogP contribution in [-0.2, 0) is 27.4 Å². The van der Waals surface area contributed by atoms with Crippen LogP contribution in [0.1, 0.15) is 13.8 Å². The number of pyridine rings is 2. The van der Waals surface area contributed by atoms with Crippen LogP contribution in [0.15, 0.2) is 61.2 Å². The fourth-order valence-corrected chi connectivity index (χ4v) is 2.54. The first-order chi connectivity index (χ1) is 13.6. The lowest BCUT2D eigenvalue weighted by Gasteiger charge is -2.06. The van der Waals surface area contributed by atoms with Crippen molar-refractivity contribution < 1.29 is 23.4 Å². The monoisotopic (exact) mass is 385 g/mol. The molecule has 0 radical (unpaired) electrons. The molecule has 6 nitrogen and oxygen atoms in total. The molecule has 0 spiro atoms. The molecule has 0 fully saturated rings. The van der Waals surface area contributed by atoms with E-state index in [0.29, 0.717) is 38.5 Å². The zero-order valence-electron chi connectivity index (χ0n) is 16.9. The zero-order chi connectivity index (χ0) is 20.2. The predicted molar refractivity (Wildman–Crippen MR) is 107 cm³/mol. The van der Waals surface area contributed by atoms with Gasteiger partial charge in [0.15, 0.2) is 31.3 Å². The van der Waals surface area contributed by atoms with E-state index in [2.05, 4.69) is 77.0 Å².